The molecule has 6 heteroatoms. The Labute approximate surface area is 117 Å². The van der Waals surface area contributed by atoms with Crippen LogP contribution >= 0.6 is 11.3 Å². The van der Waals surface area contributed by atoms with E-state index in [9.17, 15) is 8.78 Å². The number of rotatable bonds is 3. The highest BCUT2D eigenvalue weighted by Crippen LogP contribution is 2.25. The van der Waals surface area contributed by atoms with Crippen LogP contribution in [-0.2, 0) is 0 Å². The van der Waals surface area contributed by atoms with E-state index in [-0.39, 0.29) is 5.56 Å². The first-order valence-electron chi connectivity index (χ1n) is 5.82. The molecule has 0 bridgehead atoms. The van der Waals surface area contributed by atoms with Gasteiger partial charge in [0.15, 0.2) is 0 Å². The quantitative estimate of drug-likeness (QED) is 0.584. The Kier molecular flexibility index (Phi) is 3.39. The summed E-state index contributed by atoms with van der Waals surface area (Å²) < 4.78 is 27.2. The van der Waals surface area contributed by atoms with Gasteiger partial charge in [-0.25, -0.2) is 13.8 Å². The predicted octanol–water partition coefficient (Wildman–Crippen LogP) is 4.02. The van der Waals surface area contributed by atoms with E-state index in [1.165, 1.54) is 29.7 Å². The summed E-state index contributed by atoms with van der Waals surface area (Å²) in [5.74, 6) is -1.27. The fourth-order valence-electron chi connectivity index (χ4n) is 1.68. The molecule has 0 radical (unpaired) electrons. The average Bonchev–Trinajstić information content (AvgIpc) is 2.84. The number of nitrogens with one attached hydrogen (secondary N) is 1. The Morgan fingerprint density at radius 3 is 2.80 bits per heavy atom. The van der Waals surface area contributed by atoms with E-state index in [0.717, 1.165) is 16.3 Å². The van der Waals surface area contributed by atoms with Crippen molar-refractivity contribution < 1.29 is 8.78 Å². The van der Waals surface area contributed by atoms with Gasteiger partial charge in [0.25, 0.3) is 0 Å². The highest BCUT2D eigenvalue weighted by atomic mass is 32.1. The number of halogens is 2. The first-order valence-corrected chi connectivity index (χ1v) is 6.64. The maximum absolute atomic E-state index is 13.4. The van der Waals surface area contributed by atoms with Crippen LogP contribution in [0.25, 0.3) is 10.2 Å². The van der Waals surface area contributed by atoms with Gasteiger partial charge in [0, 0.05) is 11.6 Å². The van der Waals surface area contributed by atoms with Gasteiger partial charge >= 0.3 is 0 Å². The summed E-state index contributed by atoms with van der Waals surface area (Å²) >= 11 is 1.45. The third-order valence-corrected chi connectivity index (χ3v) is 3.56. The van der Waals surface area contributed by atoms with Gasteiger partial charge in [-0.1, -0.05) is 23.5 Å². The molecule has 2 aromatic carbocycles. The van der Waals surface area contributed by atoms with E-state index in [2.05, 4.69) is 15.5 Å². The molecule has 20 heavy (non-hydrogen) atoms. The van der Waals surface area contributed by atoms with Crippen LogP contribution < -0.4 is 5.43 Å². The highest BCUT2D eigenvalue weighted by Gasteiger charge is 2.02. The summed E-state index contributed by atoms with van der Waals surface area (Å²) in [6.45, 7) is 0. The van der Waals surface area contributed by atoms with Crippen molar-refractivity contribution in [2.75, 3.05) is 5.43 Å². The van der Waals surface area contributed by atoms with Gasteiger partial charge in [-0.3, -0.25) is 5.43 Å². The zero-order valence-electron chi connectivity index (χ0n) is 10.2. The number of hydrogen-bond donors (Lipinski definition) is 1. The molecule has 0 fully saturated rings. The largest absolute Gasteiger partial charge is 0.253 e. The van der Waals surface area contributed by atoms with Crippen LogP contribution in [0.2, 0.25) is 0 Å². The topological polar surface area (TPSA) is 37.3 Å². The van der Waals surface area contributed by atoms with Gasteiger partial charge in [0.2, 0.25) is 5.13 Å². The fraction of sp³-hybridized carbons (Fsp3) is 0. The Balaban J connectivity index is 1.76. The summed E-state index contributed by atoms with van der Waals surface area (Å²) in [7, 11) is 0. The minimum atomic E-state index is -0.653. The minimum Gasteiger partial charge on any atom is -0.253 e. The number of hydrazone groups is 1. The van der Waals surface area contributed by atoms with Crippen LogP contribution in [0.15, 0.2) is 47.6 Å². The number of fused-ring (bicyclic) bond motifs is 1. The Morgan fingerprint density at radius 2 is 2.00 bits per heavy atom. The molecule has 1 aromatic heterocycles. The lowest BCUT2D eigenvalue weighted by Crippen LogP contribution is -1.93. The van der Waals surface area contributed by atoms with Crippen molar-refractivity contribution in [1.29, 1.82) is 0 Å². The lowest BCUT2D eigenvalue weighted by atomic mass is 10.2. The maximum Gasteiger partial charge on any atom is 0.204 e. The number of aromatic nitrogens is 1. The Hall–Kier alpha value is -2.34. The minimum absolute atomic E-state index is 0.208. The van der Waals surface area contributed by atoms with E-state index in [4.69, 9.17) is 0 Å². The lowest BCUT2D eigenvalue weighted by molar-refractivity contribution is 0.582. The lowest BCUT2D eigenvalue weighted by Gasteiger charge is -1.96. The van der Waals surface area contributed by atoms with Crippen LogP contribution in [0.5, 0.6) is 0 Å². The van der Waals surface area contributed by atoms with Crippen LogP contribution in [0.1, 0.15) is 5.56 Å². The summed E-state index contributed by atoms with van der Waals surface area (Å²) in [6, 6.07) is 11.0. The number of para-hydroxylation sites is 1. The molecule has 0 amide bonds. The van der Waals surface area contributed by atoms with Crippen molar-refractivity contribution in [3.05, 3.63) is 59.7 Å². The summed E-state index contributed by atoms with van der Waals surface area (Å²) in [5, 5.41) is 4.52. The molecule has 3 aromatic rings. The van der Waals surface area contributed by atoms with Crippen molar-refractivity contribution in [1.82, 2.24) is 4.98 Å². The molecule has 0 spiro atoms. The van der Waals surface area contributed by atoms with Gasteiger partial charge in [-0.05, 0) is 24.3 Å². The van der Waals surface area contributed by atoms with Crippen LogP contribution in [0.4, 0.5) is 13.9 Å². The summed E-state index contributed by atoms with van der Waals surface area (Å²) in [4.78, 5) is 4.32. The van der Waals surface area contributed by atoms with Crippen molar-refractivity contribution >= 4 is 32.9 Å². The van der Waals surface area contributed by atoms with Crippen LogP contribution in [0, 0.1) is 11.6 Å². The van der Waals surface area contributed by atoms with Crippen molar-refractivity contribution in [2.45, 2.75) is 0 Å². The Morgan fingerprint density at radius 1 is 1.15 bits per heavy atom. The van der Waals surface area contributed by atoms with Gasteiger partial charge in [0.1, 0.15) is 11.6 Å². The molecule has 3 nitrogen and oxygen atoms in total. The van der Waals surface area contributed by atoms with E-state index in [1.54, 1.807) is 0 Å². The van der Waals surface area contributed by atoms with Gasteiger partial charge in [0.05, 0.1) is 16.4 Å². The van der Waals surface area contributed by atoms with Crippen LogP contribution in [-0.4, -0.2) is 11.2 Å². The molecule has 0 unspecified atom stereocenters. The van der Waals surface area contributed by atoms with E-state index in [0.29, 0.717) is 5.13 Å². The first kappa shape index (κ1) is 12.7. The van der Waals surface area contributed by atoms with Crippen molar-refractivity contribution in [2.24, 2.45) is 5.10 Å². The number of nitrogens with zero attached hydrogens (tertiary/aromatic N) is 2. The molecular weight excluding hydrogens is 280 g/mol. The predicted molar refractivity (Wildman–Crippen MR) is 77.2 cm³/mol. The Bertz CT molecular complexity index is 750. The normalized spacial score (nSPS) is 11.3. The van der Waals surface area contributed by atoms with Gasteiger partial charge in [-0.15, -0.1) is 0 Å². The number of thiazole rings is 1. The number of hydrogen-bond acceptors (Lipinski definition) is 4. The van der Waals surface area contributed by atoms with E-state index < -0.39 is 11.6 Å². The second kappa shape index (κ2) is 5.34. The fourth-order valence-corrected chi connectivity index (χ4v) is 2.50. The SMILES string of the molecule is Fc1ccc(/C=N\Nc2nc3ccccc3s2)c(F)c1. The molecule has 0 aliphatic carbocycles. The molecule has 100 valence electrons. The smallest absolute Gasteiger partial charge is 0.204 e. The average molecular weight is 289 g/mol. The molecular formula is C14H9F2N3S. The maximum atomic E-state index is 13.4. The monoisotopic (exact) mass is 289 g/mol. The van der Waals surface area contributed by atoms with Crippen molar-refractivity contribution in [3.8, 4) is 0 Å². The standard InChI is InChI=1S/C14H9F2N3S/c15-10-6-5-9(11(16)7-10)8-17-19-14-18-12-3-1-2-4-13(12)20-14/h1-8H,(H,18,19)/b17-8-. The highest BCUT2D eigenvalue weighted by molar-refractivity contribution is 7.22. The molecule has 0 saturated heterocycles. The molecule has 1 N–H and O–H groups in total. The zero-order valence-corrected chi connectivity index (χ0v) is 11.0. The van der Waals surface area contributed by atoms with E-state index in [1.807, 2.05) is 24.3 Å². The summed E-state index contributed by atoms with van der Waals surface area (Å²) in [5.41, 5.74) is 3.83. The van der Waals surface area contributed by atoms with Crippen LogP contribution in [0.3, 0.4) is 0 Å². The molecule has 3 rings (SSSR count). The third-order valence-electron chi connectivity index (χ3n) is 2.62. The van der Waals surface area contributed by atoms with Gasteiger partial charge in [-0.2, -0.15) is 5.10 Å². The van der Waals surface area contributed by atoms with Gasteiger partial charge < -0.3 is 0 Å². The zero-order chi connectivity index (χ0) is 13.9. The first-order chi connectivity index (χ1) is 9.72. The summed E-state index contributed by atoms with van der Waals surface area (Å²) in [6.07, 6.45) is 1.29. The number of benzene rings is 2. The second-order valence-electron chi connectivity index (χ2n) is 4.02. The molecule has 0 aliphatic heterocycles. The molecule has 0 saturated carbocycles. The molecule has 1 heterocycles. The molecule has 0 atom stereocenters. The van der Waals surface area contributed by atoms with E-state index >= 15 is 0 Å². The number of anilines is 1. The third kappa shape index (κ3) is 2.65. The molecule has 0 aliphatic rings. The second-order valence-corrected chi connectivity index (χ2v) is 5.05. The van der Waals surface area contributed by atoms with Crippen molar-refractivity contribution in [3.63, 3.8) is 0 Å².